The topological polar surface area (TPSA) is 21.3 Å². The highest BCUT2D eigenvalue weighted by molar-refractivity contribution is 5.49. The molecule has 0 amide bonds. The van der Waals surface area contributed by atoms with Crippen LogP contribution in [0.2, 0.25) is 0 Å². The van der Waals surface area contributed by atoms with Gasteiger partial charge in [-0.3, -0.25) is 0 Å². The van der Waals surface area contributed by atoms with E-state index < -0.39 is 0 Å². The van der Waals surface area contributed by atoms with Crippen molar-refractivity contribution in [3.8, 4) is 5.75 Å². The van der Waals surface area contributed by atoms with Crippen molar-refractivity contribution in [1.29, 1.82) is 0 Å². The summed E-state index contributed by atoms with van der Waals surface area (Å²) in [6.45, 7) is 7.66. The molecular weight excluding hydrogens is 210 g/mol. The van der Waals surface area contributed by atoms with Crippen molar-refractivity contribution in [2.24, 2.45) is 0 Å². The van der Waals surface area contributed by atoms with Crippen molar-refractivity contribution in [3.63, 3.8) is 0 Å². The summed E-state index contributed by atoms with van der Waals surface area (Å²) in [6.07, 6.45) is 3.58. The number of hydrogen-bond donors (Lipinski definition) is 1. The van der Waals surface area contributed by atoms with Gasteiger partial charge in [0.1, 0.15) is 5.75 Å². The Labute approximate surface area is 104 Å². The zero-order valence-electron chi connectivity index (χ0n) is 11.4. The van der Waals surface area contributed by atoms with Crippen LogP contribution < -0.4 is 10.1 Å². The molecule has 1 aliphatic rings. The molecule has 94 valence electrons. The number of nitrogens with one attached hydrogen (secondary N) is 1. The van der Waals surface area contributed by atoms with Crippen LogP contribution in [-0.4, -0.2) is 13.7 Å². The molecule has 1 N–H and O–H groups in total. The maximum Gasteiger partial charge on any atom is 0.127 e. The molecule has 2 rings (SSSR count). The third kappa shape index (κ3) is 1.95. The molecule has 17 heavy (non-hydrogen) atoms. The summed E-state index contributed by atoms with van der Waals surface area (Å²) in [7, 11) is 1.78. The quantitative estimate of drug-likeness (QED) is 0.865. The highest BCUT2D eigenvalue weighted by Gasteiger charge is 2.36. The van der Waals surface area contributed by atoms with E-state index in [9.17, 15) is 0 Å². The number of aryl methyl sites for hydroxylation is 1. The van der Waals surface area contributed by atoms with Gasteiger partial charge < -0.3 is 10.1 Å². The molecule has 0 spiro atoms. The fraction of sp³-hybridized carbons (Fsp3) is 0.600. The van der Waals surface area contributed by atoms with Crippen LogP contribution in [0.5, 0.6) is 5.75 Å². The predicted molar refractivity (Wildman–Crippen MR) is 71.7 cm³/mol. The molecule has 1 saturated heterocycles. The van der Waals surface area contributed by atoms with Crippen molar-refractivity contribution in [1.82, 2.24) is 5.32 Å². The summed E-state index contributed by atoms with van der Waals surface area (Å²) >= 11 is 0. The standard InChI is InChI=1S/C15H23NO/c1-5-15(9-6-10-16-15)13-8-7-11(2)12(3)14(13)17-4/h7-8,16H,5-6,9-10H2,1-4H3. The van der Waals surface area contributed by atoms with Gasteiger partial charge in [0, 0.05) is 11.1 Å². The Morgan fingerprint density at radius 2 is 2.12 bits per heavy atom. The number of ether oxygens (including phenoxy) is 1. The Morgan fingerprint density at radius 1 is 1.35 bits per heavy atom. The number of benzene rings is 1. The first-order chi connectivity index (χ1) is 8.14. The third-order valence-corrected chi connectivity index (χ3v) is 4.24. The molecule has 1 aliphatic heterocycles. The lowest BCUT2D eigenvalue weighted by molar-refractivity contribution is 0.340. The van der Waals surface area contributed by atoms with Crippen LogP contribution in [0.25, 0.3) is 0 Å². The molecule has 0 bridgehead atoms. The van der Waals surface area contributed by atoms with Crippen LogP contribution in [0.3, 0.4) is 0 Å². The first-order valence-corrected chi connectivity index (χ1v) is 6.54. The van der Waals surface area contributed by atoms with Gasteiger partial charge in [-0.15, -0.1) is 0 Å². The minimum Gasteiger partial charge on any atom is -0.496 e. The second kappa shape index (κ2) is 4.69. The Kier molecular flexibility index (Phi) is 3.43. The summed E-state index contributed by atoms with van der Waals surface area (Å²) in [5, 5.41) is 3.68. The van der Waals surface area contributed by atoms with Crippen LogP contribution in [0.15, 0.2) is 12.1 Å². The second-order valence-electron chi connectivity index (χ2n) is 5.05. The highest BCUT2D eigenvalue weighted by Crippen LogP contribution is 2.41. The van der Waals surface area contributed by atoms with Gasteiger partial charge in [0.15, 0.2) is 0 Å². The Morgan fingerprint density at radius 3 is 2.65 bits per heavy atom. The summed E-state index contributed by atoms with van der Waals surface area (Å²) in [5.74, 6) is 1.07. The monoisotopic (exact) mass is 233 g/mol. The average Bonchev–Trinajstić information content (AvgIpc) is 2.82. The minimum absolute atomic E-state index is 0.129. The first kappa shape index (κ1) is 12.4. The third-order valence-electron chi connectivity index (χ3n) is 4.24. The number of rotatable bonds is 3. The van der Waals surface area contributed by atoms with Gasteiger partial charge >= 0.3 is 0 Å². The summed E-state index contributed by atoms with van der Waals surface area (Å²) in [4.78, 5) is 0. The van der Waals surface area contributed by atoms with Gasteiger partial charge in [-0.1, -0.05) is 19.1 Å². The Hall–Kier alpha value is -1.02. The first-order valence-electron chi connectivity index (χ1n) is 6.54. The maximum atomic E-state index is 5.66. The Bertz CT molecular complexity index is 406. The minimum atomic E-state index is 0.129. The average molecular weight is 233 g/mol. The lowest BCUT2D eigenvalue weighted by Crippen LogP contribution is -2.36. The molecule has 2 heteroatoms. The van der Waals surface area contributed by atoms with E-state index in [1.165, 1.54) is 29.5 Å². The molecular formula is C15H23NO. The molecule has 1 unspecified atom stereocenters. The van der Waals surface area contributed by atoms with Gasteiger partial charge in [0.05, 0.1) is 7.11 Å². The van der Waals surface area contributed by atoms with E-state index in [4.69, 9.17) is 4.74 Å². The summed E-state index contributed by atoms with van der Waals surface area (Å²) in [6, 6.07) is 4.45. The van der Waals surface area contributed by atoms with Gasteiger partial charge in [-0.2, -0.15) is 0 Å². The van der Waals surface area contributed by atoms with E-state index in [1.54, 1.807) is 7.11 Å². The van der Waals surface area contributed by atoms with Gasteiger partial charge in [-0.05, 0) is 50.8 Å². The molecule has 0 aliphatic carbocycles. The molecule has 1 heterocycles. The molecule has 1 fully saturated rings. The SMILES string of the molecule is CCC1(c2ccc(C)c(C)c2OC)CCCN1. The normalized spacial score (nSPS) is 24.0. The van der Waals surface area contributed by atoms with E-state index in [1.807, 2.05) is 0 Å². The smallest absolute Gasteiger partial charge is 0.127 e. The van der Waals surface area contributed by atoms with Crippen LogP contribution in [0, 0.1) is 13.8 Å². The van der Waals surface area contributed by atoms with Crippen LogP contribution in [-0.2, 0) is 5.54 Å². The zero-order valence-corrected chi connectivity index (χ0v) is 11.4. The fourth-order valence-electron chi connectivity index (χ4n) is 2.96. The van der Waals surface area contributed by atoms with Crippen molar-refractivity contribution < 1.29 is 4.74 Å². The van der Waals surface area contributed by atoms with E-state index in [0.29, 0.717) is 0 Å². The summed E-state index contributed by atoms with van der Waals surface area (Å²) in [5.41, 5.74) is 4.04. The fourth-order valence-corrected chi connectivity index (χ4v) is 2.96. The van der Waals surface area contributed by atoms with E-state index >= 15 is 0 Å². The molecule has 1 aromatic carbocycles. The van der Waals surface area contributed by atoms with Crippen molar-refractivity contribution in [2.45, 2.75) is 45.6 Å². The largest absolute Gasteiger partial charge is 0.496 e. The lowest BCUT2D eigenvalue weighted by Gasteiger charge is -2.31. The van der Waals surface area contributed by atoms with Crippen LogP contribution >= 0.6 is 0 Å². The van der Waals surface area contributed by atoms with E-state index in [0.717, 1.165) is 18.7 Å². The van der Waals surface area contributed by atoms with Crippen LogP contribution in [0.1, 0.15) is 42.9 Å². The van der Waals surface area contributed by atoms with Crippen LogP contribution in [0.4, 0.5) is 0 Å². The highest BCUT2D eigenvalue weighted by atomic mass is 16.5. The molecule has 0 saturated carbocycles. The molecule has 0 aromatic heterocycles. The maximum absolute atomic E-state index is 5.66. The molecule has 2 nitrogen and oxygen atoms in total. The molecule has 1 atom stereocenters. The van der Waals surface area contributed by atoms with Crippen molar-refractivity contribution in [3.05, 3.63) is 28.8 Å². The van der Waals surface area contributed by atoms with Crippen molar-refractivity contribution in [2.75, 3.05) is 13.7 Å². The Balaban J connectivity index is 2.54. The number of methoxy groups -OCH3 is 1. The number of hydrogen-bond acceptors (Lipinski definition) is 2. The van der Waals surface area contributed by atoms with E-state index in [2.05, 4.69) is 38.2 Å². The zero-order chi connectivity index (χ0) is 12.5. The molecule has 0 radical (unpaired) electrons. The predicted octanol–water partition coefficient (Wildman–Crippen LogP) is 3.30. The van der Waals surface area contributed by atoms with Crippen molar-refractivity contribution >= 4 is 0 Å². The van der Waals surface area contributed by atoms with Gasteiger partial charge in [0.2, 0.25) is 0 Å². The second-order valence-corrected chi connectivity index (χ2v) is 5.05. The van der Waals surface area contributed by atoms with Gasteiger partial charge in [-0.25, -0.2) is 0 Å². The molecule has 1 aromatic rings. The van der Waals surface area contributed by atoms with Gasteiger partial charge in [0.25, 0.3) is 0 Å². The lowest BCUT2D eigenvalue weighted by atomic mass is 9.83. The summed E-state index contributed by atoms with van der Waals surface area (Å²) < 4.78 is 5.66. The van der Waals surface area contributed by atoms with E-state index in [-0.39, 0.29) is 5.54 Å².